The molecule has 0 aliphatic heterocycles. The lowest BCUT2D eigenvalue weighted by atomic mass is 10.1. The number of nitrogens with one attached hydrogen (secondary N) is 1. The van der Waals surface area contributed by atoms with Gasteiger partial charge < -0.3 is 10.1 Å². The van der Waals surface area contributed by atoms with Crippen LogP contribution in [0.15, 0.2) is 60.7 Å². The van der Waals surface area contributed by atoms with Gasteiger partial charge in [0.25, 0.3) is 5.91 Å². The first-order valence-electron chi connectivity index (χ1n) is 8.48. The molecular weight excluding hydrogens is 381 g/mol. The molecule has 0 aliphatic carbocycles. The highest BCUT2D eigenvalue weighted by atomic mass is 35.5. The summed E-state index contributed by atoms with van der Waals surface area (Å²) in [6, 6.07) is 18.3. The van der Waals surface area contributed by atoms with E-state index in [9.17, 15) is 4.79 Å². The molecule has 5 heteroatoms. The average molecular weight is 400 g/mol. The van der Waals surface area contributed by atoms with Gasteiger partial charge in [-0.05, 0) is 73.0 Å². The van der Waals surface area contributed by atoms with Crippen molar-refractivity contribution < 1.29 is 9.53 Å². The van der Waals surface area contributed by atoms with Crippen molar-refractivity contribution in [2.45, 2.75) is 20.5 Å². The van der Waals surface area contributed by atoms with Gasteiger partial charge in [0.05, 0.1) is 10.0 Å². The number of anilines is 1. The molecule has 1 N–H and O–H groups in total. The van der Waals surface area contributed by atoms with E-state index in [1.54, 1.807) is 30.3 Å². The third-order valence-corrected chi connectivity index (χ3v) is 4.99. The minimum atomic E-state index is -0.182. The second-order valence-electron chi connectivity index (χ2n) is 6.32. The molecule has 0 saturated heterocycles. The second-order valence-corrected chi connectivity index (χ2v) is 7.13. The minimum absolute atomic E-state index is 0.182. The third kappa shape index (κ3) is 5.03. The second kappa shape index (κ2) is 8.47. The predicted molar refractivity (Wildman–Crippen MR) is 111 cm³/mol. The van der Waals surface area contributed by atoms with Gasteiger partial charge in [0, 0.05) is 11.3 Å². The first kappa shape index (κ1) is 19.3. The van der Waals surface area contributed by atoms with Gasteiger partial charge in [-0.25, -0.2) is 0 Å². The lowest BCUT2D eigenvalue weighted by Gasteiger charge is -2.10. The lowest BCUT2D eigenvalue weighted by molar-refractivity contribution is 0.102. The quantitative estimate of drug-likeness (QED) is 0.535. The Kier molecular flexibility index (Phi) is 6.04. The lowest BCUT2D eigenvalue weighted by Crippen LogP contribution is -2.12. The number of carbonyl (C=O) groups is 1. The maximum absolute atomic E-state index is 12.5. The maximum Gasteiger partial charge on any atom is 0.255 e. The molecule has 0 bridgehead atoms. The van der Waals surface area contributed by atoms with Gasteiger partial charge in [-0.2, -0.15) is 0 Å². The molecule has 0 unspecified atom stereocenters. The number of benzene rings is 3. The van der Waals surface area contributed by atoms with E-state index in [-0.39, 0.29) is 5.91 Å². The molecule has 0 saturated carbocycles. The van der Waals surface area contributed by atoms with Crippen molar-refractivity contribution in [1.29, 1.82) is 0 Å². The molecule has 138 valence electrons. The van der Waals surface area contributed by atoms with E-state index < -0.39 is 0 Å². The Hall–Kier alpha value is -2.49. The zero-order chi connectivity index (χ0) is 19.4. The number of carbonyl (C=O) groups excluding carboxylic acids is 1. The van der Waals surface area contributed by atoms with Crippen LogP contribution in [0.5, 0.6) is 5.75 Å². The fraction of sp³-hybridized carbons (Fsp3) is 0.136. The van der Waals surface area contributed by atoms with E-state index in [2.05, 4.69) is 5.32 Å². The van der Waals surface area contributed by atoms with E-state index in [0.717, 1.165) is 16.8 Å². The molecule has 0 heterocycles. The number of halogens is 2. The highest BCUT2D eigenvalue weighted by Crippen LogP contribution is 2.24. The third-order valence-electron chi connectivity index (χ3n) is 4.25. The highest BCUT2D eigenvalue weighted by Gasteiger charge is 2.08. The predicted octanol–water partition coefficient (Wildman–Crippen LogP) is 6.44. The molecule has 3 aromatic rings. The van der Waals surface area contributed by atoms with Gasteiger partial charge in [0.2, 0.25) is 0 Å². The largest absolute Gasteiger partial charge is 0.489 e. The molecule has 1 amide bonds. The van der Waals surface area contributed by atoms with Crippen LogP contribution >= 0.6 is 23.2 Å². The van der Waals surface area contributed by atoms with Crippen LogP contribution in [0.2, 0.25) is 10.0 Å². The molecule has 0 aliphatic rings. The van der Waals surface area contributed by atoms with Crippen LogP contribution in [0.3, 0.4) is 0 Å². The van der Waals surface area contributed by atoms with Gasteiger partial charge in [0.15, 0.2) is 0 Å². The highest BCUT2D eigenvalue weighted by molar-refractivity contribution is 6.42. The van der Waals surface area contributed by atoms with E-state index in [1.807, 2.05) is 44.2 Å². The van der Waals surface area contributed by atoms with Crippen LogP contribution in [0.1, 0.15) is 27.0 Å². The van der Waals surface area contributed by atoms with Crippen molar-refractivity contribution >= 4 is 34.8 Å². The Labute approximate surface area is 168 Å². The number of ether oxygens (including phenoxy) is 1. The number of hydrogen-bond acceptors (Lipinski definition) is 2. The Bertz CT molecular complexity index is 986. The summed E-state index contributed by atoms with van der Waals surface area (Å²) >= 11 is 11.9. The minimum Gasteiger partial charge on any atom is -0.489 e. The van der Waals surface area contributed by atoms with Crippen LogP contribution < -0.4 is 10.1 Å². The fourth-order valence-electron chi connectivity index (χ4n) is 2.55. The summed E-state index contributed by atoms with van der Waals surface area (Å²) in [5.74, 6) is 0.423. The Morgan fingerprint density at radius 1 is 0.926 bits per heavy atom. The Morgan fingerprint density at radius 3 is 2.48 bits per heavy atom. The van der Waals surface area contributed by atoms with E-state index >= 15 is 0 Å². The van der Waals surface area contributed by atoms with Crippen molar-refractivity contribution in [1.82, 2.24) is 0 Å². The summed E-state index contributed by atoms with van der Waals surface area (Å²) in [4.78, 5) is 12.5. The zero-order valence-corrected chi connectivity index (χ0v) is 16.6. The molecule has 27 heavy (non-hydrogen) atoms. The van der Waals surface area contributed by atoms with Gasteiger partial charge >= 0.3 is 0 Å². The Morgan fingerprint density at radius 2 is 1.74 bits per heavy atom. The molecule has 3 nitrogen and oxygen atoms in total. The normalized spacial score (nSPS) is 10.5. The van der Waals surface area contributed by atoms with Gasteiger partial charge in [-0.15, -0.1) is 0 Å². The van der Waals surface area contributed by atoms with Crippen LogP contribution in [-0.2, 0) is 6.61 Å². The van der Waals surface area contributed by atoms with E-state index in [4.69, 9.17) is 27.9 Å². The monoisotopic (exact) mass is 399 g/mol. The zero-order valence-electron chi connectivity index (χ0n) is 15.1. The standard InChI is InChI=1S/C22H19Cl2NO2/c1-14-6-8-18(10-15(14)2)25-22(26)17-4-3-5-19(12-17)27-13-16-7-9-20(23)21(24)11-16/h3-12H,13H2,1-2H3,(H,25,26). The number of rotatable bonds is 5. The van der Waals surface area contributed by atoms with Crippen molar-refractivity contribution in [3.8, 4) is 5.75 Å². The number of hydrogen-bond donors (Lipinski definition) is 1. The first-order valence-corrected chi connectivity index (χ1v) is 9.23. The number of aryl methyl sites for hydroxylation is 2. The molecule has 0 atom stereocenters. The molecule has 0 aromatic heterocycles. The SMILES string of the molecule is Cc1ccc(NC(=O)c2cccc(OCc3ccc(Cl)c(Cl)c3)c2)cc1C. The van der Waals surface area contributed by atoms with Gasteiger partial charge in [-0.1, -0.05) is 41.4 Å². The summed E-state index contributed by atoms with van der Waals surface area (Å²) < 4.78 is 5.78. The van der Waals surface area contributed by atoms with Gasteiger partial charge in [0.1, 0.15) is 12.4 Å². The summed E-state index contributed by atoms with van der Waals surface area (Å²) in [6.07, 6.45) is 0. The average Bonchev–Trinajstić information content (AvgIpc) is 2.66. The maximum atomic E-state index is 12.5. The van der Waals surface area contributed by atoms with Crippen molar-refractivity contribution in [2.24, 2.45) is 0 Å². The van der Waals surface area contributed by atoms with E-state index in [1.165, 1.54) is 5.56 Å². The fourth-order valence-corrected chi connectivity index (χ4v) is 2.87. The van der Waals surface area contributed by atoms with Crippen LogP contribution in [0.4, 0.5) is 5.69 Å². The summed E-state index contributed by atoms with van der Waals surface area (Å²) in [5.41, 5.74) is 4.51. The summed E-state index contributed by atoms with van der Waals surface area (Å²) in [6.45, 7) is 4.39. The topological polar surface area (TPSA) is 38.3 Å². The molecule has 3 rings (SSSR count). The van der Waals surface area contributed by atoms with Crippen LogP contribution in [-0.4, -0.2) is 5.91 Å². The summed E-state index contributed by atoms with van der Waals surface area (Å²) in [5, 5.41) is 3.90. The van der Waals surface area contributed by atoms with Crippen LogP contribution in [0, 0.1) is 13.8 Å². The van der Waals surface area contributed by atoms with E-state index in [0.29, 0.717) is 28.0 Å². The van der Waals surface area contributed by atoms with Crippen LogP contribution in [0.25, 0.3) is 0 Å². The first-order chi connectivity index (χ1) is 12.9. The van der Waals surface area contributed by atoms with Gasteiger partial charge in [-0.3, -0.25) is 4.79 Å². The van der Waals surface area contributed by atoms with Crippen molar-refractivity contribution in [3.63, 3.8) is 0 Å². The number of amides is 1. The smallest absolute Gasteiger partial charge is 0.255 e. The molecule has 0 fully saturated rings. The Balaban J connectivity index is 1.67. The molecule has 0 spiro atoms. The molecule has 3 aromatic carbocycles. The summed E-state index contributed by atoms with van der Waals surface area (Å²) in [7, 11) is 0. The molecule has 0 radical (unpaired) electrons. The molecular formula is C22H19Cl2NO2. The van der Waals surface area contributed by atoms with Crippen molar-refractivity contribution in [2.75, 3.05) is 5.32 Å². The van der Waals surface area contributed by atoms with Crippen molar-refractivity contribution in [3.05, 3.63) is 93.0 Å².